The molecule has 1 aromatic carbocycles. The first-order chi connectivity index (χ1) is 7.06. The SMILES string of the molecule is O=S(=O)(Cl)Cc1cccc2c1CCCC2. The van der Waals surface area contributed by atoms with Crippen LogP contribution in [-0.4, -0.2) is 8.42 Å². The summed E-state index contributed by atoms with van der Waals surface area (Å²) in [7, 11) is 1.84. The van der Waals surface area contributed by atoms with Gasteiger partial charge < -0.3 is 0 Å². The van der Waals surface area contributed by atoms with Crippen LogP contribution in [0, 0.1) is 0 Å². The van der Waals surface area contributed by atoms with Gasteiger partial charge in [-0.3, -0.25) is 0 Å². The quantitative estimate of drug-likeness (QED) is 0.750. The first-order valence-electron chi connectivity index (χ1n) is 5.08. The van der Waals surface area contributed by atoms with E-state index in [0.717, 1.165) is 24.8 Å². The molecule has 1 aromatic rings. The van der Waals surface area contributed by atoms with Crippen molar-refractivity contribution in [3.8, 4) is 0 Å². The highest BCUT2D eigenvalue weighted by Crippen LogP contribution is 2.26. The van der Waals surface area contributed by atoms with Crippen LogP contribution in [0.25, 0.3) is 0 Å². The maximum absolute atomic E-state index is 11.1. The molecule has 0 spiro atoms. The summed E-state index contributed by atoms with van der Waals surface area (Å²) in [5, 5.41) is 0. The molecule has 0 unspecified atom stereocenters. The van der Waals surface area contributed by atoms with E-state index in [4.69, 9.17) is 10.7 Å². The highest BCUT2D eigenvalue weighted by atomic mass is 35.7. The van der Waals surface area contributed by atoms with Crippen LogP contribution in [0.2, 0.25) is 0 Å². The van der Waals surface area contributed by atoms with E-state index in [1.54, 1.807) is 0 Å². The maximum atomic E-state index is 11.1. The highest BCUT2D eigenvalue weighted by Gasteiger charge is 2.16. The van der Waals surface area contributed by atoms with Gasteiger partial charge in [0.2, 0.25) is 9.05 Å². The van der Waals surface area contributed by atoms with Crippen LogP contribution >= 0.6 is 10.7 Å². The van der Waals surface area contributed by atoms with Crippen LogP contribution < -0.4 is 0 Å². The zero-order chi connectivity index (χ0) is 10.9. The molecule has 15 heavy (non-hydrogen) atoms. The Morgan fingerprint density at radius 3 is 2.67 bits per heavy atom. The molecule has 0 bridgehead atoms. The van der Waals surface area contributed by atoms with E-state index in [1.165, 1.54) is 17.5 Å². The van der Waals surface area contributed by atoms with Crippen LogP contribution in [0.15, 0.2) is 18.2 Å². The van der Waals surface area contributed by atoms with Crippen LogP contribution in [0.3, 0.4) is 0 Å². The lowest BCUT2D eigenvalue weighted by Gasteiger charge is -2.18. The number of hydrogen-bond acceptors (Lipinski definition) is 2. The number of hydrogen-bond donors (Lipinski definition) is 0. The number of fused-ring (bicyclic) bond motifs is 1. The summed E-state index contributed by atoms with van der Waals surface area (Å²) in [5.74, 6) is -0.0439. The molecule has 0 fully saturated rings. The van der Waals surface area contributed by atoms with Gasteiger partial charge in [-0.15, -0.1) is 0 Å². The summed E-state index contributed by atoms with van der Waals surface area (Å²) < 4.78 is 22.1. The molecule has 0 heterocycles. The number of rotatable bonds is 2. The molecule has 2 nitrogen and oxygen atoms in total. The zero-order valence-corrected chi connectivity index (χ0v) is 9.94. The van der Waals surface area contributed by atoms with Gasteiger partial charge in [0.05, 0.1) is 5.75 Å². The third kappa shape index (κ3) is 2.73. The molecule has 0 saturated heterocycles. The highest BCUT2D eigenvalue weighted by molar-refractivity contribution is 8.13. The molecule has 1 aliphatic carbocycles. The Morgan fingerprint density at radius 1 is 1.20 bits per heavy atom. The van der Waals surface area contributed by atoms with E-state index in [-0.39, 0.29) is 5.75 Å². The van der Waals surface area contributed by atoms with E-state index in [2.05, 4.69) is 6.07 Å². The number of aryl methyl sites for hydroxylation is 1. The molecule has 0 aliphatic heterocycles. The second-order valence-electron chi connectivity index (χ2n) is 3.95. The van der Waals surface area contributed by atoms with Gasteiger partial charge in [0, 0.05) is 10.7 Å². The molecule has 2 rings (SSSR count). The second-order valence-corrected chi connectivity index (χ2v) is 6.72. The monoisotopic (exact) mass is 244 g/mol. The van der Waals surface area contributed by atoms with E-state index >= 15 is 0 Å². The first kappa shape index (κ1) is 11.0. The minimum absolute atomic E-state index is 0.0439. The zero-order valence-electron chi connectivity index (χ0n) is 8.37. The lowest BCUT2D eigenvalue weighted by Crippen LogP contribution is -2.08. The van der Waals surface area contributed by atoms with Gasteiger partial charge in [0.15, 0.2) is 0 Å². The Hall–Kier alpha value is -0.540. The van der Waals surface area contributed by atoms with Crippen molar-refractivity contribution in [2.24, 2.45) is 0 Å². The van der Waals surface area contributed by atoms with Crippen LogP contribution in [-0.2, 0) is 27.6 Å². The van der Waals surface area contributed by atoms with Crippen LogP contribution in [0.1, 0.15) is 29.5 Å². The van der Waals surface area contributed by atoms with Gasteiger partial charge >= 0.3 is 0 Å². The fourth-order valence-electron chi connectivity index (χ4n) is 2.18. The topological polar surface area (TPSA) is 34.1 Å². The van der Waals surface area contributed by atoms with E-state index < -0.39 is 9.05 Å². The van der Waals surface area contributed by atoms with Crippen molar-refractivity contribution in [2.75, 3.05) is 0 Å². The molecule has 4 heteroatoms. The first-order valence-corrected chi connectivity index (χ1v) is 7.56. The minimum atomic E-state index is -3.44. The minimum Gasteiger partial charge on any atom is -0.212 e. The van der Waals surface area contributed by atoms with E-state index in [0.29, 0.717) is 0 Å². The Kier molecular flexibility index (Phi) is 3.03. The second kappa shape index (κ2) is 4.14. The summed E-state index contributed by atoms with van der Waals surface area (Å²) in [4.78, 5) is 0. The molecule has 0 atom stereocenters. The molecule has 0 amide bonds. The summed E-state index contributed by atoms with van der Waals surface area (Å²) in [5.41, 5.74) is 3.37. The normalized spacial score (nSPS) is 16.1. The van der Waals surface area contributed by atoms with Gasteiger partial charge in [-0.2, -0.15) is 0 Å². The van der Waals surface area contributed by atoms with Gasteiger partial charge in [-0.05, 0) is 42.4 Å². The fourth-order valence-corrected chi connectivity index (χ4v) is 3.18. The molecule has 0 aromatic heterocycles. The Morgan fingerprint density at radius 2 is 1.93 bits per heavy atom. The Balaban J connectivity index is 2.39. The molecule has 1 aliphatic rings. The summed E-state index contributed by atoms with van der Waals surface area (Å²) >= 11 is 0. The van der Waals surface area contributed by atoms with E-state index in [9.17, 15) is 8.42 Å². The fraction of sp³-hybridized carbons (Fsp3) is 0.455. The molecule has 0 saturated carbocycles. The van der Waals surface area contributed by atoms with Gasteiger partial charge in [0.1, 0.15) is 0 Å². The van der Waals surface area contributed by atoms with Crippen molar-refractivity contribution < 1.29 is 8.42 Å². The van der Waals surface area contributed by atoms with Crippen LogP contribution in [0.4, 0.5) is 0 Å². The lowest BCUT2D eigenvalue weighted by atomic mass is 9.89. The van der Waals surface area contributed by atoms with Crippen LogP contribution in [0.5, 0.6) is 0 Å². The van der Waals surface area contributed by atoms with Gasteiger partial charge in [0.25, 0.3) is 0 Å². The van der Waals surface area contributed by atoms with Crippen molar-refractivity contribution >= 4 is 19.7 Å². The number of benzene rings is 1. The molecular formula is C11H13ClO2S. The van der Waals surface area contributed by atoms with Crippen molar-refractivity contribution in [3.05, 3.63) is 34.9 Å². The Labute approximate surface area is 94.7 Å². The molecule has 0 N–H and O–H groups in total. The Bertz CT molecular complexity index is 465. The standard InChI is InChI=1S/C11H13ClO2S/c12-15(13,14)8-10-6-3-5-9-4-1-2-7-11(9)10/h3,5-6H,1-2,4,7-8H2. The summed E-state index contributed by atoms with van der Waals surface area (Å²) in [6, 6.07) is 5.87. The molecule has 82 valence electrons. The maximum Gasteiger partial charge on any atom is 0.236 e. The molecule has 0 radical (unpaired) electrons. The third-order valence-corrected chi connectivity index (χ3v) is 3.80. The average molecular weight is 245 g/mol. The van der Waals surface area contributed by atoms with Gasteiger partial charge in [-0.25, -0.2) is 8.42 Å². The predicted octanol–water partition coefficient (Wildman–Crippen LogP) is 2.63. The summed E-state index contributed by atoms with van der Waals surface area (Å²) in [6.07, 6.45) is 4.39. The van der Waals surface area contributed by atoms with Crippen molar-refractivity contribution in [2.45, 2.75) is 31.4 Å². The van der Waals surface area contributed by atoms with Crippen molar-refractivity contribution in [1.82, 2.24) is 0 Å². The van der Waals surface area contributed by atoms with Crippen molar-refractivity contribution in [1.29, 1.82) is 0 Å². The third-order valence-electron chi connectivity index (χ3n) is 2.82. The largest absolute Gasteiger partial charge is 0.236 e. The summed E-state index contributed by atoms with van der Waals surface area (Å²) in [6.45, 7) is 0. The van der Waals surface area contributed by atoms with Crippen molar-refractivity contribution in [3.63, 3.8) is 0 Å². The predicted molar refractivity (Wildman–Crippen MR) is 61.6 cm³/mol. The number of halogens is 1. The smallest absolute Gasteiger partial charge is 0.212 e. The van der Waals surface area contributed by atoms with Gasteiger partial charge in [-0.1, -0.05) is 18.2 Å². The van der Waals surface area contributed by atoms with E-state index in [1.807, 2.05) is 12.1 Å². The lowest BCUT2D eigenvalue weighted by molar-refractivity contribution is 0.608. The molecular weight excluding hydrogens is 232 g/mol. The average Bonchev–Trinajstić information content (AvgIpc) is 2.16.